The Morgan fingerprint density at radius 1 is 1.45 bits per heavy atom. The van der Waals surface area contributed by atoms with Crippen molar-refractivity contribution in [1.82, 2.24) is 0 Å². The smallest absolute Gasteiger partial charge is 0.110 e. The summed E-state index contributed by atoms with van der Waals surface area (Å²) in [5, 5.41) is 0. The Hall–Kier alpha value is -0.120. The van der Waals surface area contributed by atoms with Crippen LogP contribution in [0.4, 0.5) is 4.39 Å². The predicted octanol–water partition coefficient (Wildman–Crippen LogP) is 1.61. The van der Waals surface area contributed by atoms with E-state index in [1.807, 2.05) is 0 Å². The highest BCUT2D eigenvalue weighted by Crippen LogP contribution is 2.27. The van der Waals surface area contributed by atoms with Crippen molar-refractivity contribution in [3.63, 3.8) is 0 Å². The first-order valence-corrected chi connectivity index (χ1v) is 5.62. The second kappa shape index (κ2) is 2.73. The standard InChI is InChI=1S/C7H14FNOS/c1-7(8)3-5-11(10,9-2)6-4-7/h3-6H2,1-2H3. The van der Waals surface area contributed by atoms with Gasteiger partial charge in [-0.1, -0.05) is 0 Å². The highest BCUT2D eigenvalue weighted by atomic mass is 32.2. The molecule has 0 saturated carbocycles. The topological polar surface area (TPSA) is 29.4 Å². The van der Waals surface area contributed by atoms with Crippen LogP contribution in [0.25, 0.3) is 0 Å². The van der Waals surface area contributed by atoms with Crippen molar-refractivity contribution in [3.05, 3.63) is 0 Å². The molecule has 1 fully saturated rings. The summed E-state index contributed by atoms with van der Waals surface area (Å²) in [6.07, 6.45) is 0.784. The molecule has 1 heterocycles. The Morgan fingerprint density at radius 2 is 1.91 bits per heavy atom. The summed E-state index contributed by atoms with van der Waals surface area (Å²) in [4.78, 5) is 0. The van der Waals surface area contributed by atoms with Gasteiger partial charge >= 0.3 is 0 Å². The Kier molecular flexibility index (Phi) is 2.23. The third-order valence-corrected chi connectivity index (χ3v) is 4.57. The van der Waals surface area contributed by atoms with E-state index in [4.69, 9.17) is 0 Å². The molecule has 1 saturated heterocycles. The molecule has 0 amide bonds. The average Bonchev–Trinajstić information content (AvgIpc) is 1.97. The van der Waals surface area contributed by atoms with E-state index in [1.54, 1.807) is 14.0 Å². The molecule has 0 atom stereocenters. The number of rotatable bonds is 0. The quantitative estimate of drug-likeness (QED) is 0.555. The summed E-state index contributed by atoms with van der Waals surface area (Å²) in [7, 11) is -0.455. The highest BCUT2D eigenvalue weighted by Gasteiger charge is 2.31. The van der Waals surface area contributed by atoms with Crippen LogP contribution in [0, 0.1) is 0 Å². The Bertz CT molecular complexity index is 237. The van der Waals surface area contributed by atoms with E-state index in [-0.39, 0.29) is 0 Å². The van der Waals surface area contributed by atoms with Gasteiger partial charge in [0.25, 0.3) is 0 Å². The lowest BCUT2D eigenvalue weighted by Crippen LogP contribution is -2.32. The van der Waals surface area contributed by atoms with Crippen molar-refractivity contribution in [2.75, 3.05) is 18.6 Å². The van der Waals surface area contributed by atoms with Crippen LogP contribution in [-0.2, 0) is 9.73 Å². The van der Waals surface area contributed by atoms with Crippen LogP contribution in [0.15, 0.2) is 4.36 Å². The molecule has 0 spiro atoms. The largest absolute Gasteiger partial charge is 0.250 e. The van der Waals surface area contributed by atoms with Crippen LogP contribution < -0.4 is 0 Å². The zero-order chi connectivity index (χ0) is 8.54. The van der Waals surface area contributed by atoms with E-state index < -0.39 is 15.4 Å². The van der Waals surface area contributed by atoms with Crippen molar-refractivity contribution in [3.8, 4) is 0 Å². The number of hydrogen-bond donors (Lipinski definition) is 0. The van der Waals surface area contributed by atoms with Crippen LogP contribution in [0.3, 0.4) is 0 Å². The molecule has 0 unspecified atom stereocenters. The highest BCUT2D eigenvalue weighted by molar-refractivity contribution is 7.93. The maximum atomic E-state index is 13.2. The first-order valence-electron chi connectivity index (χ1n) is 3.77. The van der Waals surface area contributed by atoms with Gasteiger partial charge in [0.05, 0.1) is 0 Å². The van der Waals surface area contributed by atoms with Crippen molar-refractivity contribution < 1.29 is 8.60 Å². The van der Waals surface area contributed by atoms with Gasteiger partial charge in [0.1, 0.15) is 5.67 Å². The number of alkyl halides is 1. The molecule has 0 N–H and O–H groups in total. The Labute approximate surface area is 67.4 Å². The monoisotopic (exact) mass is 179 g/mol. The molecule has 0 radical (unpaired) electrons. The minimum Gasteiger partial charge on any atom is -0.250 e. The molecule has 0 bridgehead atoms. The Morgan fingerprint density at radius 3 is 2.27 bits per heavy atom. The van der Waals surface area contributed by atoms with E-state index in [9.17, 15) is 8.60 Å². The minimum atomic E-state index is -2.01. The summed E-state index contributed by atoms with van der Waals surface area (Å²) < 4.78 is 28.5. The molecule has 2 nitrogen and oxygen atoms in total. The maximum Gasteiger partial charge on any atom is 0.110 e. The molecule has 0 aliphatic carbocycles. The molecule has 0 aromatic heterocycles. The fourth-order valence-electron chi connectivity index (χ4n) is 1.15. The van der Waals surface area contributed by atoms with Crippen molar-refractivity contribution in [2.24, 2.45) is 4.36 Å². The molecular formula is C7H14FNOS. The van der Waals surface area contributed by atoms with Gasteiger partial charge in [-0.15, -0.1) is 0 Å². The second-order valence-corrected chi connectivity index (χ2v) is 6.00. The van der Waals surface area contributed by atoms with Gasteiger partial charge in [-0.3, -0.25) is 0 Å². The van der Waals surface area contributed by atoms with Crippen LogP contribution in [0.5, 0.6) is 0 Å². The van der Waals surface area contributed by atoms with Crippen LogP contribution >= 0.6 is 0 Å². The SMILES string of the molecule is CN=S1(=O)CCC(C)(F)CC1. The first kappa shape index (κ1) is 8.97. The van der Waals surface area contributed by atoms with Crippen molar-refractivity contribution in [1.29, 1.82) is 0 Å². The van der Waals surface area contributed by atoms with E-state index >= 15 is 0 Å². The molecule has 4 heteroatoms. The fourth-order valence-corrected chi connectivity index (χ4v) is 3.21. The second-order valence-electron chi connectivity index (χ2n) is 3.28. The number of hydrogen-bond acceptors (Lipinski definition) is 2. The van der Waals surface area contributed by atoms with E-state index in [1.165, 1.54) is 0 Å². The third kappa shape index (κ3) is 2.15. The fraction of sp³-hybridized carbons (Fsp3) is 1.00. The maximum absolute atomic E-state index is 13.2. The molecule has 1 aliphatic rings. The predicted molar refractivity (Wildman–Crippen MR) is 45.0 cm³/mol. The van der Waals surface area contributed by atoms with Crippen molar-refractivity contribution in [2.45, 2.75) is 25.4 Å². The van der Waals surface area contributed by atoms with Crippen LogP contribution in [0.1, 0.15) is 19.8 Å². The van der Waals surface area contributed by atoms with Crippen LogP contribution in [-0.4, -0.2) is 28.4 Å². The summed E-state index contributed by atoms with van der Waals surface area (Å²) in [6.45, 7) is 1.57. The molecule has 0 aromatic carbocycles. The summed E-state index contributed by atoms with van der Waals surface area (Å²) in [5.41, 5.74) is -1.11. The van der Waals surface area contributed by atoms with E-state index in [2.05, 4.69) is 4.36 Å². The summed E-state index contributed by atoms with van der Waals surface area (Å²) >= 11 is 0. The lowest BCUT2D eigenvalue weighted by atomic mass is 10.0. The van der Waals surface area contributed by atoms with Gasteiger partial charge in [-0.25, -0.2) is 13.0 Å². The third-order valence-electron chi connectivity index (χ3n) is 2.22. The molecule has 1 aliphatic heterocycles. The van der Waals surface area contributed by atoms with Gasteiger partial charge in [0.2, 0.25) is 0 Å². The minimum absolute atomic E-state index is 0.392. The number of nitrogens with zero attached hydrogens (tertiary/aromatic N) is 1. The molecule has 1 rings (SSSR count). The molecular weight excluding hydrogens is 165 g/mol. The lowest BCUT2D eigenvalue weighted by Gasteiger charge is -2.26. The van der Waals surface area contributed by atoms with Crippen molar-refractivity contribution >= 4 is 9.73 Å². The van der Waals surface area contributed by atoms with Gasteiger partial charge < -0.3 is 0 Å². The number of halogens is 1. The lowest BCUT2D eigenvalue weighted by molar-refractivity contribution is 0.174. The van der Waals surface area contributed by atoms with E-state index in [0.717, 1.165) is 0 Å². The normalized spacial score (nSPS) is 45.4. The van der Waals surface area contributed by atoms with Gasteiger partial charge in [-0.05, 0) is 19.8 Å². The summed E-state index contributed by atoms with van der Waals surface area (Å²) in [6, 6.07) is 0. The Balaban J connectivity index is 2.70. The zero-order valence-corrected chi connectivity index (χ0v) is 7.79. The van der Waals surface area contributed by atoms with Gasteiger partial charge in [0, 0.05) is 28.3 Å². The van der Waals surface area contributed by atoms with Crippen LogP contribution in [0.2, 0.25) is 0 Å². The summed E-state index contributed by atoms with van der Waals surface area (Å²) in [5.74, 6) is 0.854. The van der Waals surface area contributed by atoms with Gasteiger partial charge in [-0.2, -0.15) is 0 Å². The zero-order valence-electron chi connectivity index (χ0n) is 6.97. The average molecular weight is 179 g/mol. The first-order chi connectivity index (χ1) is 4.97. The molecule has 0 aromatic rings. The molecule has 66 valence electrons. The van der Waals surface area contributed by atoms with E-state index in [0.29, 0.717) is 24.3 Å². The van der Waals surface area contributed by atoms with Gasteiger partial charge in [0.15, 0.2) is 0 Å². The molecule has 11 heavy (non-hydrogen) atoms.